The third-order valence-corrected chi connectivity index (χ3v) is 1.91. The van der Waals surface area contributed by atoms with E-state index in [9.17, 15) is 9.59 Å². The lowest BCUT2D eigenvalue weighted by molar-refractivity contribution is -0.142. The van der Waals surface area contributed by atoms with E-state index in [1.165, 1.54) is 12.3 Å². The molecule has 2 N–H and O–H groups in total. The number of furan rings is 1. The van der Waals surface area contributed by atoms with Gasteiger partial charge in [0.1, 0.15) is 6.61 Å². The molecule has 16 heavy (non-hydrogen) atoms. The normalized spacial score (nSPS) is 10.1. The molecule has 0 spiro atoms. The molecule has 0 aliphatic heterocycles. The maximum Gasteiger partial charge on any atom is 0.329 e. The van der Waals surface area contributed by atoms with Gasteiger partial charge < -0.3 is 19.6 Å². The SMILES string of the molecule is O=C(O)COCCNC(=O)c1ccoc1Cl. The number of halogens is 1. The van der Waals surface area contributed by atoms with Gasteiger partial charge in [-0.05, 0) is 17.7 Å². The van der Waals surface area contributed by atoms with Gasteiger partial charge in [-0.3, -0.25) is 4.79 Å². The fraction of sp³-hybridized carbons (Fsp3) is 0.333. The zero-order valence-electron chi connectivity index (χ0n) is 8.23. The van der Waals surface area contributed by atoms with E-state index in [4.69, 9.17) is 25.9 Å². The Morgan fingerprint density at radius 1 is 1.56 bits per heavy atom. The average Bonchev–Trinajstić information content (AvgIpc) is 2.63. The molecule has 6 nitrogen and oxygen atoms in total. The fourth-order valence-corrected chi connectivity index (χ4v) is 1.15. The summed E-state index contributed by atoms with van der Waals surface area (Å²) in [5.74, 6) is -1.44. The fourth-order valence-electron chi connectivity index (χ4n) is 0.947. The number of hydrogen-bond donors (Lipinski definition) is 2. The number of ether oxygens (including phenoxy) is 1. The first-order valence-electron chi connectivity index (χ1n) is 4.42. The van der Waals surface area contributed by atoms with Crippen molar-refractivity contribution in [3.8, 4) is 0 Å². The van der Waals surface area contributed by atoms with E-state index in [1.807, 2.05) is 0 Å². The molecule has 0 aromatic carbocycles. The molecule has 0 saturated heterocycles. The second kappa shape index (κ2) is 6.14. The standard InChI is InChI=1S/C9H10ClNO5/c10-8-6(1-3-16-8)9(14)11-2-4-15-5-7(12)13/h1,3H,2,4-5H2,(H,11,14)(H,12,13). The van der Waals surface area contributed by atoms with Gasteiger partial charge in [-0.1, -0.05) is 0 Å². The van der Waals surface area contributed by atoms with E-state index >= 15 is 0 Å². The molecule has 0 aliphatic rings. The average molecular weight is 248 g/mol. The minimum Gasteiger partial charge on any atom is -0.480 e. The molecule has 0 aliphatic carbocycles. The predicted octanol–water partition coefficient (Wildman–Crippen LogP) is 0.764. The first-order valence-corrected chi connectivity index (χ1v) is 4.80. The maximum atomic E-state index is 11.4. The maximum absolute atomic E-state index is 11.4. The molecule has 1 amide bonds. The van der Waals surface area contributed by atoms with Crippen LogP contribution in [0.1, 0.15) is 10.4 Å². The van der Waals surface area contributed by atoms with Crippen LogP contribution in [-0.2, 0) is 9.53 Å². The van der Waals surface area contributed by atoms with E-state index in [-0.39, 0.29) is 30.5 Å². The number of carbonyl (C=O) groups excluding carboxylic acids is 1. The highest BCUT2D eigenvalue weighted by Crippen LogP contribution is 2.15. The zero-order chi connectivity index (χ0) is 12.0. The van der Waals surface area contributed by atoms with Crippen molar-refractivity contribution in [3.63, 3.8) is 0 Å². The first-order chi connectivity index (χ1) is 7.61. The largest absolute Gasteiger partial charge is 0.480 e. The molecule has 1 aromatic rings. The molecule has 0 fully saturated rings. The summed E-state index contributed by atoms with van der Waals surface area (Å²) in [5.41, 5.74) is 0.236. The number of hydrogen-bond acceptors (Lipinski definition) is 4. The molecule has 1 rings (SSSR count). The molecular formula is C9H10ClNO5. The van der Waals surface area contributed by atoms with Crippen LogP contribution in [0.4, 0.5) is 0 Å². The molecule has 0 bridgehead atoms. The van der Waals surface area contributed by atoms with Crippen molar-refractivity contribution in [2.45, 2.75) is 0 Å². The topological polar surface area (TPSA) is 88.8 Å². The Balaban J connectivity index is 2.21. The van der Waals surface area contributed by atoms with Crippen LogP contribution in [0.15, 0.2) is 16.7 Å². The number of carbonyl (C=O) groups is 2. The van der Waals surface area contributed by atoms with Crippen LogP contribution in [0.5, 0.6) is 0 Å². The second-order valence-electron chi connectivity index (χ2n) is 2.81. The summed E-state index contributed by atoms with van der Waals surface area (Å²) in [6.07, 6.45) is 1.30. The van der Waals surface area contributed by atoms with E-state index in [0.29, 0.717) is 0 Å². The van der Waals surface area contributed by atoms with Crippen LogP contribution in [-0.4, -0.2) is 36.7 Å². The Kier molecular flexibility index (Phi) is 4.81. The molecule has 0 radical (unpaired) electrons. The minimum absolute atomic E-state index is 0.0176. The van der Waals surface area contributed by atoms with Gasteiger partial charge in [0.25, 0.3) is 5.91 Å². The summed E-state index contributed by atoms with van der Waals surface area (Å²) in [5, 5.41) is 10.8. The van der Waals surface area contributed by atoms with Crippen molar-refractivity contribution < 1.29 is 23.8 Å². The Bertz CT molecular complexity index is 376. The van der Waals surface area contributed by atoms with Gasteiger partial charge in [-0.25, -0.2) is 4.79 Å². The summed E-state index contributed by atoms with van der Waals surface area (Å²) in [7, 11) is 0. The van der Waals surface area contributed by atoms with Gasteiger partial charge in [-0.15, -0.1) is 0 Å². The summed E-state index contributed by atoms with van der Waals surface area (Å²) >= 11 is 5.58. The molecule has 0 atom stereocenters. The molecule has 0 saturated carbocycles. The Hall–Kier alpha value is -1.53. The molecular weight excluding hydrogens is 238 g/mol. The summed E-state index contributed by atoms with van der Waals surface area (Å²) in [6.45, 7) is -0.0660. The number of carboxylic acids is 1. The quantitative estimate of drug-likeness (QED) is 0.725. The van der Waals surface area contributed by atoms with Gasteiger partial charge in [0, 0.05) is 6.54 Å². The summed E-state index contributed by atoms with van der Waals surface area (Å²) in [4.78, 5) is 21.5. The molecule has 1 heterocycles. The van der Waals surface area contributed by atoms with Gasteiger partial charge in [0.15, 0.2) is 0 Å². The van der Waals surface area contributed by atoms with Crippen molar-refractivity contribution >= 4 is 23.5 Å². The monoisotopic (exact) mass is 247 g/mol. The lowest BCUT2D eigenvalue weighted by Crippen LogP contribution is -2.27. The number of rotatable bonds is 6. The first kappa shape index (κ1) is 12.5. The highest BCUT2D eigenvalue weighted by Gasteiger charge is 2.11. The van der Waals surface area contributed by atoms with Gasteiger partial charge in [0.05, 0.1) is 18.4 Å². The van der Waals surface area contributed by atoms with Crippen LogP contribution < -0.4 is 5.32 Å². The Morgan fingerprint density at radius 3 is 2.88 bits per heavy atom. The molecule has 88 valence electrons. The van der Waals surface area contributed by atoms with Gasteiger partial charge >= 0.3 is 5.97 Å². The molecule has 7 heteroatoms. The summed E-state index contributed by atoms with van der Waals surface area (Å²) in [6, 6.07) is 1.44. The third-order valence-electron chi connectivity index (χ3n) is 1.62. The highest BCUT2D eigenvalue weighted by atomic mass is 35.5. The lowest BCUT2D eigenvalue weighted by Gasteiger charge is -2.03. The number of aliphatic carboxylic acids is 1. The lowest BCUT2D eigenvalue weighted by atomic mass is 10.3. The predicted molar refractivity (Wildman–Crippen MR) is 54.5 cm³/mol. The zero-order valence-corrected chi connectivity index (χ0v) is 8.99. The Labute approximate surface area is 96.1 Å². The van der Waals surface area contributed by atoms with E-state index in [0.717, 1.165) is 0 Å². The second-order valence-corrected chi connectivity index (χ2v) is 3.15. The number of amides is 1. The molecule has 0 unspecified atom stereocenters. The van der Waals surface area contributed by atoms with Crippen molar-refractivity contribution in [3.05, 3.63) is 23.1 Å². The third kappa shape index (κ3) is 3.92. The van der Waals surface area contributed by atoms with E-state index in [1.54, 1.807) is 0 Å². The van der Waals surface area contributed by atoms with Crippen molar-refractivity contribution in [1.29, 1.82) is 0 Å². The van der Waals surface area contributed by atoms with Crippen LogP contribution in [0.2, 0.25) is 5.22 Å². The van der Waals surface area contributed by atoms with Gasteiger partial charge in [0.2, 0.25) is 5.22 Å². The van der Waals surface area contributed by atoms with Crippen molar-refractivity contribution in [2.24, 2.45) is 0 Å². The van der Waals surface area contributed by atoms with Crippen LogP contribution in [0.25, 0.3) is 0 Å². The number of nitrogens with one attached hydrogen (secondary N) is 1. The van der Waals surface area contributed by atoms with Crippen LogP contribution in [0.3, 0.4) is 0 Å². The highest BCUT2D eigenvalue weighted by molar-refractivity contribution is 6.32. The van der Waals surface area contributed by atoms with E-state index < -0.39 is 11.9 Å². The van der Waals surface area contributed by atoms with Crippen molar-refractivity contribution in [1.82, 2.24) is 5.32 Å². The summed E-state index contributed by atoms with van der Waals surface area (Å²) < 4.78 is 9.46. The molecule has 1 aromatic heterocycles. The van der Waals surface area contributed by atoms with Crippen LogP contribution in [0, 0.1) is 0 Å². The number of carboxylic acid groups (broad SMARTS) is 1. The van der Waals surface area contributed by atoms with Gasteiger partial charge in [-0.2, -0.15) is 0 Å². The smallest absolute Gasteiger partial charge is 0.329 e. The Morgan fingerprint density at radius 2 is 2.31 bits per heavy atom. The minimum atomic E-state index is -1.05. The van der Waals surface area contributed by atoms with Crippen molar-refractivity contribution in [2.75, 3.05) is 19.8 Å². The van der Waals surface area contributed by atoms with E-state index in [2.05, 4.69) is 5.32 Å². The van der Waals surface area contributed by atoms with Crippen LogP contribution >= 0.6 is 11.6 Å².